The second-order valence-electron chi connectivity index (χ2n) is 7.61. The Morgan fingerprint density at radius 2 is 1.81 bits per heavy atom. The minimum atomic E-state index is -3.83. The van der Waals surface area contributed by atoms with E-state index >= 15 is 0 Å². The summed E-state index contributed by atoms with van der Waals surface area (Å²) >= 11 is 7.43. The predicted molar refractivity (Wildman–Crippen MR) is 131 cm³/mol. The first kappa shape index (κ1) is 22.1. The Hall–Kier alpha value is -2.06. The average molecular weight is 476 g/mol. The molecule has 0 unspecified atom stereocenters. The van der Waals surface area contributed by atoms with Crippen molar-refractivity contribution in [1.82, 2.24) is 9.58 Å². The van der Waals surface area contributed by atoms with Gasteiger partial charge in [0.15, 0.2) is 5.03 Å². The molecular formula is C23H26ClN3O2S2. The molecular weight excluding hydrogens is 450 g/mol. The lowest BCUT2D eigenvalue weighted by Gasteiger charge is -2.18. The van der Waals surface area contributed by atoms with E-state index in [-0.39, 0.29) is 5.03 Å². The number of likely N-dealkylation sites (N-methyl/N-ethyl adjacent to an activating group) is 1. The quantitative estimate of drug-likeness (QED) is 0.371. The minimum Gasteiger partial charge on any atom is -0.338 e. The average Bonchev–Trinajstić information content (AvgIpc) is 3.24. The van der Waals surface area contributed by atoms with E-state index < -0.39 is 9.84 Å². The fraction of sp³-hybridized carbons (Fsp3) is 0.304. The number of para-hydroxylation sites is 1. The highest BCUT2D eigenvalue weighted by molar-refractivity contribution is 7.93. The number of nitrogen functional groups attached to an aromatic ring is 1. The number of hydrogen-bond donors (Lipinski definition) is 1. The van der Waals surface area contributed by atoms with Crippen molar-refractivity contribution >= 4 is 53.8 Å². The van der Waals surface area contributed by atoms with E-state index in [1.54, 1.807) is 6.07 Å². The summed E-state index contributed by atoms with van der Waals surface area (Å²) in [5.41, 5.74) is 2.21. The van der Waals surface area contributed by atoms with Crippen molar-refractivity contribution < 1.29 is 8.42 Å². The van der Waals surface area contributed by atoms with Crippen molar-refractivity contribution in [3.05, 3.63) is 58.6 Å². The van der Waals surface area contributed by atoms with Gasteiger partial charge in [0.05, 0.1) is 5.52 Å². The zero-order chi connectivity index (χ0) is 22.3. The topological polar surface area (TPSA) is 68.3 Å². The zero-order valence-corrected chi connectivity index (χ0v) is 20.2. The first-order chi connectivity index (χ1) is 14.8. The normalized spacial score (nSPS) is 12.4. The molecule has 0 fully saturated rings. The van der Waals surface area contributed by atoms with Gasteiger partial charge in [0.2, 0.25) is 9.84 Å². The molecule has 8 heteroatoms. The molecule has 0 saturated carbocycles. The number of fused-ring (bicyclic) bond motifs is 2. The number of thiophene rings is 1. The van der Waals surface area contributed by atoms with Crippen molar-refractivity contribution in [2.24, 2.45) is 0 Å². The maximum absolute atomic E-state index is 14.0. The highest BCUT2D eigenvalue weighted by Gasteiger charge is 2.32. The molecule has 2 aromatic heterocycles. The third-order valence-corrected chi connectivity index (χ3v) is 9.85. The van der Waals surface area contributed by atoms with Gasteiger partial charge in [-0.2, -0.15) is 0 Å². The third kappa shape index (κ3) is 3.74. The monoisotopic (exact) mass is 475 g/mol. The van der Waals surface area contributed by atoms with E-state index in [0.29, 0.717) is 21.2 Å². The minimum absolute atomic E-state index is 0.182. The van der Waals surface area contributed by atoms with Crippen LogP contribution in [0.4, 0.5) is 0 Å². The molecule has 4 rings (SSSR count). The molecule has 5 nitrogen and oxygen atoms in total. The SMILES string of the molecule is CCN(CC)CCc1c(S(=O)(=O)c2sc3ccc(Cl)cc3c2C)n(N)c2ccccc12. The molecule has 0 atom stereocenters. The molecule has 2 aromatic carbocycles. The molecule has 0 radical (unpaired) electrons. The molecule has 31 heavy (non-hydrogen) atoms. The van der Waals surface area contributed by atoms with Crippen LogP contribution in [0.15, 0.2) is 51.7 Å². The van der Waals surface area contributed by atoms with Gasteiger partial charge in [0.25, 0.3) is 0 Å². The number of halogens is 1. The summed E-state index contributed by atoms with van der Waals surface area (Å²) in [5.74, 6) is 6.41. The molecule has 4 aromatic rings. The number of hydrogen-bond acceptors (Lipinski definition) is 5. The van der Waals surface area contributed by atoms with E-state index in [0.717, 1.165) is 46.2 Å². The van der Waals surface area contributed by atoms with E-state index in [4.69, 9.17) is 17.4 Å². The molecule has 0 bridgehead atoms. The lowest BCUT2D eigenvalue weighted by molar-refractivity contribution is 0.307. The number of aromatic nitrogens is 1. The van der Waals surface area contributed by atoms with Crippen molar-refractivity contribution in [2.45, 2.75) is 36.4 Å². The van der Waals surface area contributed by atoms with Crippen LogP contribution < -0.4 is 5.84 Å². The summed E-state index contributed by atoms with van der Waals surface area (Å²) in [6.45, 7) is 8.65. The summed E-state index contributed by atoms with van der Waals surface area (Å²) in [5, 5.41) is 2.52. The summed E-state index contributed by atoms with van der Waals surface area (Å²) in [6.07, 6.45) is 0.608. The molecule has 164 valence electrons. The Morgan fingerprint density at radius 1 is 1.10 bits per heavy atom. The summed E-state index contributed by atoms with van der Waals surface area (Å²) in [6, 6.07) is 13.1. The van der Waals surface area contributed by atoms with Gasteiger partial charge in [-0.25, -0.2) is 8.42 Å². The van der Waals surface area contributed by atoms with Crippen LogP contribution >= 0.6 is 22.9 Å². The Morgan fingerprint density at radius 3 is 2.52 bits per heavy atom. The Balaban J connectivity index is 1.93. The van der Waals surface area contributed by atoms with E-state index in [2.05, 4.69) is 18.7 Å². The Kier molecular flexibility index (Phi) is 6.05. The van der Waals surface area contributed by atoms with Crippen molar-refractivity contribution in [3.8, 4) is 0 Å². The van der Waals surface area contributed by atoms with Gasteiger partial charge in [-0.1, -0.05) is 43.6 Å². The first-order valence-corrected chi connectivity index (χ1v) is 13.0. The smallest absolute Gasteiger partial charge is 0.233 e. The van der Waals surface area contributed by atoms with Gasteiger partial charge < -0.3 is 10.7 Å². The van der Waals surface area contributed by atoms with Gasteiger partial charge >= 0.3 is 0 Å². The van der Waals surface area contributed by atoms with Crippen LogP contribution in [0.3, 0.4) is 0 Å². The second kappa shape index (κ2) is 8.47. The molecule has 0 amide bonds. The van der Waals surface area contributed by atoms with Crippen molar-refractivity contribution in [2.75, 3.05) is 25.5 Å². The highest BCUT2D eigenvalue weighted by atomic mass is 35.5. The van der Waals surface area contributed by atoms with Crippen molar-refractivity contribution in [1.29, 1.82) is 0 Å². The van der Waals surface area contributed by atoms with Crippen LogP contribution in [0.1, 0.15) is 25.0 Å². The van der Waals surface area contributed by atoms with Crippen LogP contribution in [-0.4, -0.2) is 37.6 Å². The van der Waals surface area contributed by atoms with Crippen molar-refractivity contribution in [3.63, 3.8) is 0 Å². The van der Waals surface area contributed by atoms with Gasteiger partial charge in [0.1, 0.15) is 4.21 Å². The van der Waals surface area contributed by atoms with Crippen LogP contribution in [-0.2, 0) is 16.3 Å². The van der Waals surface area contributed by atoms with Crippen LogP contribution in [0.5, 0.6) is 0 Å². The lowest BCUT2D eigenvalue weighted by atomic mass is 10.1. The number of rotatable bonds is 7. The fourth-order valence-electron chi connectivity index (χ4n) is 4.17. The predicted octanol–water partition coefficient (Wildman–Crippen LogP) is 5.25. The van der Waals surface area contributed by atoms with Crippen LogP contribution in [0.2, 0.25) is 5.02 Å². The third-order valence-electron chi connectivity index (χ3n) is 5.89. The number of nitrogens with two attached hydrogens (primary N) is 1. The Bertz CT molecular complexity index is 1370. The van der Waals surface area contributed by atoms with Gasteiger partial charge in [-0.15, -0.1) is 11.3 Å². The highest BCUT2D eigenvalue weighted by Crippen LogP contribution is 2.40. The second-order valence-corrected chi connectivity index (χ2v) is 11.2. The summed E-state index contributed by atoms with van der Waals surface area (Å²) in [7, 11) is -3.83. The summed E-state index contributed by atoms with van der Waals surface area (Å²) in [4.78, 5) is 2.28. The molecule has 0 saturated heterocycles. The molecule has 2 heterocycles. The Labute approximate surface area is 191 Å². The maximum atomic E-state index is 14.0. The molecule has 0 aliphatic carbocycles. The molecule has 0 aliphatic rings. The zero-order valence-electron chi connectivity index (χ0n) is 17.9. The van der Waals surface area contributed by atoms with Gasteiger partial charge in [0, 0.05) is 27.2 Å². The van der Waals surface area contributed by atoms with E-state index in [1.165, 1.54) is 16.0 Å². The largest absolute Gasteiger partial charge is 0.338 e. The first-order valence-electron chi connectivity index (χ1n) is 10.3. The van der Waals surface area contributed by atoms with Crippen LogP contribution in [0.25, 0.3) is 21.0 Å². The number of sulfone groups is 1. The summed E-state index contributed by atoms with van der Waals surface area (Å²) < 4.78 is 30.5. The van der Waals surface area contributed by atoms with Gasteiger partial charge in [-0.3, -0.25) is 4.68 Å². The number of nitrogens with zero attached hydrogens (tertiary/aromatic N) is 2. The van der Waals surface area contributed by atoms with Gasteiger partial charge in [-0.05, 0) is 61.6 Å². The molecule has 0 aliphatic heterocycles. The number of aryl methyl sites for hydroxylation is 1. The van der Waals surface area contributed by atoms with Crippen LogP contribution in [0, 0.1) is 6.92 Å². The molecule has 0 spiro atoms. The maximum Gasteiger partial charge on any atom is 0.233 e. The standard InChI is InChI=1S/C23H26ClN3O2S2/c1-4-26(5-2)13-12-18-17-8-6-7-9-20(17)27(25)22(18)31(28,29)23-15(3)19-14-16(24)10-11-21(19)30-23/h6-11,14H,4-5,12-13,25H2,1-3H3. The van der Waals surface area contributed by atoms with E-state index in [9.17, 15) is 8.42 Å². The number of benzene rings is 2. The van der Waals surface area contributed by atoms with E-state index in [1.807, 2.05) is 43.3 Å². The molecule has 2 N–H and O–H groups in total. The lowest BCUT2D eigenvalue weighted by Crippen LogP contribution is -2.26. The fourth-order valence-corrected chi connectivity index (χ4v) is 7.79.